The lowest BCUT2D eigenvalue weighted by Gasteiger charge is -2.27. The molecule has 35 heavy (non-hydrogen) atoms. The van der Waals surface area contributed by atoms with Crippen LogP contribution < -0.4 is 15.8 Å². The third kappa shape index (κ3) is 4.07. The van der Waals surface area contributed by atoms with Gasteiger partial charge in [0.05, 0.1) is 11.2 Å². The number of carbonyl (C=O) groups is 3. The van der Waals surface area contributed by atoms with Gasteiger partial charge in [0, 0.05) is 24.5 Å². The minimum atomic E-state index is -4.83. The van der Waals surface area contributed by atoms with Gasteiger partial charge in [-0.1, -0.05) is 30.3 Å². The van der Waals surface area contributed by atoms with Crippen molar-refractivity contribution in [1.82, 2.24) is 9.47 Å². The van der Waals surface area contributed by atoms with E-state index in [2.05, 4.69) is 10.1 Å². The van der Waals surface area contributed by atoms with Crippen LogP contribution in [-0.2, 0) is 11.2 Å². The molecule has 1 aromatic heterocycles. The lowest BCUT2D eigenvalue weighted by atomic mass is 10.00. The fraction of sp³-hybridized carbons (Fsp3) is 0.292. The summed E-state index contributed by atoms with van der Waals surface area (Å²) in [5.74, 6) is -0.638. The number of alkyl halides is 3. The fourth-order valence-electron chi connectivity index (χ4n) is 5.08. The number of nitrogens with zero attached hydrogens (tertiary/aromatic N) is 2. The van der Waals surface area contributed by atoms with Crippen LogP contribution in [0.3, 0.4) is 0 Å². The number of nitrogens with one attached hydrogen (secondary N) is 1. The van der Waals surface area contributed by atoms with Gasteiger partial charge in [-0.25, -0.2) is 9.59 Å². The van der Waals surface area contributed by atoms with Crippen molar-refractivity contribution in [1.29, 1.82) is 0 Å². The average Bonchev–Trinajstić information content (AvgIpc) is 3.22. The van der Waals surface area contributed by atoms with E-state index in [1.165, 1.54) is 27.8 Å². The highest BCUT2D eigenvalue weighted by atomic mass is 19.4. The number of amides is 3. The van der Waals surface area contributed by atoms with E-state index in [1.54, 1.807) is 30.3 Å². The van der Waals surface area contributed by atoms with Crippen LogP contribution in [0.1, 0.15) is 18.4 Å². The zero-order valence-electron chi connectivity index (χ0n) is 18.3. The number of likely N-dealkylation sites (tertiary alicyclic amines) is 1. The van der Waals surface area contributed by atoms with E-state index in [-0.39, 0.29) is 18.1 Å². The van der Waals surface area contributed by atoms with Crippen LogP contribution >= 0.6 is 0 Å². The van der Waals surface area contributed by atoms with E-state index < -0.39 is 29.7 Å². The number of para-hydroxylation sites is 1. The number of hydrogen-bond acceptors (Lipinski definition) is 4. The van der Waals surface area contributed by atoms with Gasteiger partial charge in [0.1, 0.15) is 11.3 Å². The molecule has 182 valence electrons. The molecule has 3 N–H and O–H groups in total. The molecule has 2 aliphatic rings. The van der Waals surface area contributed by atoms with Gasteiger partial charge in [-0.3, -0.25) is 9.36 Å². The number of benzene rings is 2. The number of piperidine rings is 1. The highest BCUT2D eigenvalue weighted by Gasteiger charge is 2.67. The molecule has 0 spiro atoms. The van der Waals surface area contributed by atoms with Crippen molar-refractivity contribution in [2.75, 3.05) is 11.9 Å². The minimum absolute atomic E-state index is 0.00215. The number of aromatic nitrogens is 1. The first kappa shape index (κ1) is 22.8. The Hall–Kier alpha value is -4.02. The lowest BCUT2D eigenvalue weighted by molar-refractivity contribution is -0.274. The van der Waals surface area contributed by atoms with Crippen LogP contribution in [0.25, 0.3) is 10.9 Å². The number of rotatable bonds is 5. The van der Waals surface area contributed by atoms with Crippen molar-refractivity contribution in [2.45, 2.75) is 31.2 Å². The largest absolute Gasteiger partial charge is 0.573 e. The normalized spacial score (nSPS) is 21.0. The molecule has 3 aromatic rings. The van der Waals surface area contributed by atoms with Crippen molar-refractivity contribution in [3.63, 3.8) is 0 Å². The first-order valence-electron chi connectivity index (χ1n) is 10.9. The van der Waals surface area contributed by atoms with Crippen LogP contribution in [0.15, 0.2) is 54.7 Å². The van der Waals surface area contributed by atoms with E-state index >= 15 is 0 Å². The Kier molecular flexibility index (Phi) is 5.22. The predicted octanol–water partition coefficient (Wildman–Crippen LogP) is 4.27. The number of Topliss-reactive ketones (excluding diaryl/α,β-unsaturated/α-hetero) is 1. The molecule has 8 nitrogen and oxygen atoms in total. The van der Waals surface area contributed by atoms with Crippen LogP contribution in [-0.4, -0.2) is 45.8 Å². The predicted molar refractivity (Wildman–Crippen MR) is 120 cm³/mol. The number of ether oxygens (including phenoxy) is 1. The fourth-order valence-corrected chi connectivity index (χ4v) is 5.08. The first-order chi connectivity index (χ1) is 16.6. The zero-order valence-corrected chi connectivity index (χ0v) is 18.3. The molecule has 2 aromatic carbocycles. The summed E-state index contributed by atoms with van der Waals surface area (Å²) in [6, 6.07) is 11.0. The number of primary amides is 1. The molecule has 2 heterocycles. The van der Waals surface area contributed by atoms with E-state index in [4.69, 9.17) is 5.73 Å². The standard InChI is InChI=1S/C24H21F3N4O4/c25-24(26,27)35-16-5-3-4-14(10-16)11-20(32)23-12-15(23)8-9-31(23)22(34)29-18-13-30(21(28)33)19-7-2-1-6-17(18)19/h1-7,10,13,15H,8-9,11-12H2,(H2,28,33)(H,29,34)/t15?,23-/m0/s1. The van der Waals surface area contributed by atoms with Crippen LogP contribution in [0.2, 0.25) is 0 Å². The smallest absolute Gasteiger partial charge is 0.406 e. The Morgan fingerprint density at radius 1 is 1.14 bits per heavy atom. The van der Waals surface area contributed by atoms with Crippen LogP contribution in [0.5, 0.6) is 5.75 Å². The maximum absolute atomic E-state index is 13.3. The average molecular weight is 486 g/mol. The zero-order chi connectivity index (χ0) is 25.0. The third-order valence-corrected chi connectivity index (χ3v) is 6.67. The van der Waals surface area contributed by atoms with Gasteiger partial charge in [0.2, 0.25) is 0 Å². The van der Waals surface area contributed by atoms with Crippen molar-refractivity contribution in [2.24, 2.45) is 11.7 Å². The van der Waals surface area contributed by atoms with E-state index in [1.807, 2.05) is 0 Å². The monoisotopic (exact) mass is 486 g/mol. The van der Waals surface area contributed by atoms with Gasteiger partial charge in [0.15, 0.2) is 5.78 Å². The van der Waals surface area contributed by atoms with Crippen LogP contribution in [0, 0.1) is 5.92 Å². The molecule has 3 amide bonds. The van der Waals surface area contributed by atoms with Gasteiger partial charge in [0.25, 0.3) is 0 Å². The van der Waals surface area contributed by atoms with E-state index in [9.17, 15) is 27.6 Å². The number of nitrogens with two attached hydrogens (primary N) is 1. The number of urea groups is 1. The van der Waals surface area contributed by atoms with Crippen molar-refractivity contribution in [3.8, 4) is 5.75 Å². The quantitative estimate of drug-likeness (QED) is 0.562. The molecule has 1 aliphatic carbocycles. The summed E-state index contributed by atoms with van der Waals surface area (Å²) in [6.45, 7) is 0.369. The number of carbonyl (C=O) groups excluding carboxylic acids is 3. The maximum Gasteiger partial charge on any atom is 0.573 e. The summed E-state index contributed by atoms with van der Waals surface area (Å²) in [5, 5.41) is 3.42. The second-order valence-corrected chi connectivity index (χ2v) is 8.76. The summed E-state index contributed by atoms with van der Waals surface area (Å²) in [6.07, 6.45) is -2.37. The number of ketones is 1. The summed E-state index contributed by atoms with van der Waals surface area (Å²) in [7, 11) is 0. The number of halogens is 3. The Bertz CT molecular complexity index is 1350. The lowest BCUT2D eigenvalue weighted by Crippen LogP contribution is -2.47. The highest BCUT2D eigenvalue weighted by molar-refractivity contribution is 6.06. The molecule has 11 heteroatoms. The summed E-state index contributed by atoms with van der Waals surface area (Å²) in [4.78, 5) is 39.8. The second-order valence-electron chi connectivity index (χ2n) is 8.76. The van der Waals surface area contributed by atoms with Gasteiger partial charge in [-0.15, -0.1) is 13.2 Å². The number of anilines is 1. The van der Waals surface area contributed by atoms with Crippen molar-refractivity contribution < 1.29 is 32.3 Å². The van der Waals surface area contributed by atoms with Gasteiger partial charge in [-0.2, -0.15) is 0 Å². The maximum atomic E-state index is 13.3. The van der Waals surface area contributed by atoms with Crippen LogP contribution in [0.4, 0.5) is 28.4 Å². The Balaban J connectivity index is 1.35. The Morgan fingerprint density at radius 2 is 1.91 bits per heavy atom. The Labute approximate surface area is 197 Å². The third-order valence-electron chi connectivity index (χ3n) is 6.67. The topological polar surface area (TPSA) is 107 Å². The molecule has 0 radical (unpaired) electrons. The molecular weight excluding hydrogens is 465 g/mol. The Morgan fingerprint density at radius 3 is 2.63 bits per heavy atom. The van der Waals surface area contributed by atoms with Crippen molar-refractivity contribution in [3.05, 3.63) is 60.3 Å². The van der Waals surface area contributed by atoms with E-state index in [0.717, 1.165) is 6.07 Å². The van der Waals surface area contributed by atoms with E-state index in [0.29, 0.717) is 41.5 Å². The summed E-state index contributed by atoms with van der Waals surface area (Å²) < 4.78 is 42.8. The van der Waals surface area contributed by atoms with Gasteiger partial charge in [-0.05, 0) is 42.5 Å². The molecule has 0 bridgehead atoms. The molecule has 1 saturated carbocycles. The first-order valence-corrected chi connectivity index (χ1v) is 10.9. The molecular formula is C24H21F3N4O4. The summed E-state index contributed by atoms with van der Waals surface area (Å²) in [5.41, 5.74) is 5.73. The number of hydrogen-bond donors (Lipinski definition) is 2. The highest BCUT2D eigenvalue weighted by Crippen LogP contribution is 2.56. The SMILES string of the molecule is NC(=O)n1cc(NC(=O)N2CCC3C[C@@]32C(=O)Cc2cccc(OC(F)(F)F)c2)c2ccccc21. The molecule has 1 unspecified atom stereocenters. The summed E-state index contributed by atoms with van der Waals surface area (Å²) >= 11 is 0. The van der Waals surface area contributed by atoms with Gasteiger partial charge >= 0.3 is 18.4 Å². The molecule has 1 saturated heterocycles. The number of fused-ring (bicyclic) bond motifs is 2. The minimum Gasteiger partial charge on any atom is -0.406 e. The molecule has 2 atom stereocenters. The van der Waals surface area contributed by atoms with Crippen molar-refractivity contribution >= 4 is 34.4 Å². The second kappa shape index (κ2) is 8.03. The molecule has 5 rings (SSSR count). The van der Waals surface area contributed by atoms with Gasteiger partial charge < -0.3 is 20.7 Å². The molecule has 2 fully saturated rings. The molecule has 1 aliphatic heterocycles.